The van der Waals surface area contributed by atoms with Gasteiger partial charge in [-0.1, -0.05) is 23.7 Å². The van der Waals surface area contributed by atoms with Gasteiger partial charge in [-0.3, -0.25) is 14.3 Å². The van der Waals surface area contributed by atoms with E-state index in [1.54, 1.807) is 24.3 Å². The summed E-state index contributed by atoms with van der Waals surface area (Å²) < 4.78 is 38.3. The number of nitrogens with zero attached hydrogens (tertiary/aromatic N) is 2. The van der Waals surface area contributed by atoms with Crippen LogP contribution in [0.15, 0.2) is 36.5 Å². The first-order valence-corrected chi connectivity index (χ1v) is 7.40. The molecule has 1 atom stereocenters. The van der Waals surface area contributed by atoms with E-state index in [9.17, 15) is 22.8 Å². The lowest BCUT2D eigenvalue weighted by molar-refractivity contribution is -0.142. The SMILES string of the molecule is O=C(O)C[C@H](NC(=O)Cn1ccc(C(F)(F)F)n1)c1ccc(Cl)cc1. The summed E-state index contributed by atoms with van der Waals surface area (Å²) in [6.45, 7) is -0.472. The molecule has 1 heterocycles. The van der Waals surface area contributed by atoms with Crippen LogP contribution in [-0.2, 0) is 22.3 Å². The molecule has 0 radical (unpaired) electrons. The van der Waals surface area contributed by atoms with Crippen LogP contribution < -0.4 is 5.32 Å². The highest BCUT2D eigenvalue weighted by Crippen LogP contribution is 2.27. The molecule has 1 aromatic carbocycles. The molecule has 0 unspecified atom stereocenters. The Balaban J connectivity index is 2.07. The third-order valence-corrected chi connectivity index (χ3v) is 3.48. The molecule has 25 heavy (non-hydrogen) atoms. The van der Waals surface area contributed by atoms with Gasteiger partial charge in [0.2, 0.25) is 5.91 Å². The molecule has 0 saturated carbocycles. The lowest BCUT2D eigenvalue weighted by Gasteiger charge is -2.17. The van der Waals surface area contributed by atoms with Gasteiger partial charge in [0, 0.05) is 11.2 Å². The van der Waals surface area contributed by atoms with Crippen molar-refractivity contribution in [2.45, 2.75) is 25.2 Å². The number of carboxylic acid groups (broad SMARTS) is 1. The number of hydrogen-bond donors (Lipinski definition) is 2. The molecule has 1 aromatic heterocycles. The minimum atomic E-state index is -4.60. The van der Waals surface area contributed by atoms with E-state index in [1.165, 1.54) is 0 Å². The van der Waals surface area contributed by atoms with Gasteiger partial charge in [-0.05, 0) is 23.8 Å². The fourth-order valence-electron chi connectivity index (χ4n) is 2.11. The first kappa shape index (κ1) is 18.8. The van der Waals surface area contributed by atoms with Crippen molar-refractivity contribution >= 4 is 23.5 Å². The van der Waals surface area contributed by atoms with Gasteiger partial charge in [0.05, 0.1) is 12.5 Å². The predicted octanol–water partition coefficient (Wildman–Crippen LogP) is 2.89. The summed E-state index contributed by atoms with van der Waals surface area (Å²) in [5.41, 5.74) is -0.600. The summed E-state index contributed by atoms with van der Waals surface area (Å²) >= 11 is 5.77. The van der Waals surface area contributed by atoms with E-state index in [0.29, 0.717) is 10.6 Å². The third-order valence-electron chi connectivity index (χ3n) is 3.22. The first-order chi connectivity index (χ1) is 11.6. The molecule has 0 spiro atoms. The fourth-order valence-corrected chi connectivity index (χ4v) is 2.24. The van der Waals surface area contributed by atoms with E-state index in [-0.39, 0.29) is 6.42 Å². The Hall–Kier alpha value is -2.55. The molecule has 0 bridgehead atoms. The number of hydrogen-bond acceptors (Lipinski definition) is 3. The van der Waals surface area contributed by atoms with Gasteiger partial charge in [0.15, 0.2) is 5.69 Å². The number of rotatable bonds is 6. The van der Waals surface area contributed by atoms with Crippen molar-refractivity contribution in [1.29, 1.82) is 0 Å². The summed E-state index contributed by atoms with van der Waals surface area (Å²) in [5.74, 6) is -1.81. The normalized spacial score (nSPS) is 12.6. The Morgan fingerprint density at radius 2 is 1.88 bits per heavy atom. The standard InChI is InChI=1S/C15H13ClF3N3O3/c16-10-3-1-9(2-4-10)11(7-14(24)25)20-13(23)8-22-6-5-12(21-22)15(17,18)19/h1-6,11H,7-8H2,(H,20,23)(H,24,25)/t11-/m0/s1. The van der Waals surface area contributed by atoms with Crippen molar-refractivity contribution in [1.82, 2.24) is 15.1 Å². The number of halogens is 4. The molecule has 1 amide bonds. The van der Waals surface area contributed by atoms with Crippen LogP contribution in [0.2, 0.25) is 5.02 Å². The molecule has 6 nitrogen and oxygen atoms in total. The van der Waals surface area contributed by atoms with E-state index in [4.69, 9.17) is 16.7 Å². The smallest absolute Gasteiger partial charge is 0.435 e. The molecule has 0 aliphatic rings. The monoisotopic (exact) mass is 375 g/mol. The quantitative estimate of drug-likeness (QED) is 0.813. The Morgan fingerprint density at radius 3 is 2.40 bits per heavy atom. The molecule has 2 N–H and O–H groups in total. The number of carbonyl (C=O) groups is 2. The Labute approximate surface area is 145 Å². The van der Waals surface area contributed by atoms with Gasteiger partial charge in [-0.2, -0.15) is 18.3 Å². The van der Waals surface area contributed by atoms with E-state index in [0.717, 1.165) is 16.9 Å². The van der Waals surface area contributed by atoms with E-state index < -0.39 is 36.3 Å². The van der Waals surface area contributed by atoms with E-state index in [2.05, 4.69) is 10.4 Å². The van der Waals surface area contributed by atoms with Gasteiger partial charge in [0.1, 0.15) is 6.54 Å². The zero-order valence-electron chi connectivity index (χ0n) is 12.6. The minimum absolute atomic E-state index is 0.389. The zero-order chi connectivity index (χ0) is 18.6. The van der Waals surface area contributed by atoms with Crippen LogP contribution in [0.3, 0.4) is 0 Å². The molecular formula is C15H13ClF3N3O3. The molecule has 0 aliphatic heterocycles. The summed E-state index contributed by atoms with van der Waals surface area (Å²) in [6.07, 6.45) is -3.96. The van der Waals surface area contributed by atoms with Crippen molar-refractivity contribution in [3.63, 3.8) is 0 Å². The van der Waals surface area contributed by atoms with Crippen molar-refractivity contribution in [3.8, 4) is 0 Å². The second kappa shape index (κ2) is 7.56. The summed E-state index contributed by atoms with van der Waals surface area (Å²) in [4.78, 5) is 23.0. The Kier molecular flexibility index (Phi) is 5.68. The highest BCUT2D eigenvalue weighted by molar-refractivity contribution is 6.30. The van der Waals surface area contributed by atoms with Gasteiger partial charge >= 0.3 is 12.1 Å². The number of amides is 1. The number of benzene rings is 1. The maximum absolute atomic E-state index is 12.5. The van der Waals surface area contributed by atoms with Gasteiger partial charge in [-0.25, -0.2) is 0 Å². The number of aromatic nitrogens is 2. The average molecular weight is 376 g/mol. The molecule has 134 valence electrons. The number of carbonyl (C=O) groups excluding carboxylic acids is 1. The van der Waals surface area contributed by atoms with Crippen molar-refractivity contribution in [2.75, 3.05) is 0 Å². The average Bonchev–Trinajstić information content (AvgIpc) is 2.95. The fraction of sp³-hybridized carbons (Fsp3) is 0.267. The number of alkyl halides is 3. The van der Waals surface area contributed by atoms with Gasteiger partial charge in [-0.15, -0.1) is 0 Å². The second-order valence-corrected chi connectivity index (χ2v) is 5.60. The van der Waals surface area contributed by atoms with Crippen molar-refractivity contribution in [3.05, 3.63) is 52.8 Å². The number of carboxylic acids is 1. The minimum Gasteiger partial charge on any atom is -0.481 e. The molecule has 2 aromatic rings. The second-order valence-electron chi connectivity index (χ2n) is 5.17. The van der Waals surface area contributed by atoms with Crippen LogP contribution in [0.25, 0.3) is 0 Å². The summed E-state index contributed by atoms with van der Waals surface area (Å²) in [6, 6.07) is 6.11. The highest BCUT2D eigenvalue weighted by Gasteiger charge is 2.33. The Bertz CT molecular complexity index is 759. The molecule has 0 fully saturated rings. The maximum atomic E-state index is 12.5. The zero-order valence-corrected chi connectivity index (χ0v) is 13.4. The van der Waals surface area contributed by atoms with Crippen LogP contribution in [-0.4, -0.2) is 26.8 Å². The van der Waals surface area contributed by atoms with Gasteiger partial charge < -0.3 is 10.4 Å². The third kappa shape index (κ3) is 5.49. The van der Waals surface area contributed by atoms with Gasteiger partial charge in [0.25, 0.3) is 0 Å². The van der Waals surface area contributed by atoms with Crippen molar-refractivity contribution < 1.29 is 27.9 Å². The molecular weight excluding hydrogens is 363 g/mol. The lowest BCUT2D eigenvalue weighted by Crippen LogP contribution is -2.33. The summed E-state index contributed by atoms with van der Waals surface area (Å²) in [5, 5.41) is 15.2. The largest absolute Gasteiger partial charge is 0.481 e. The van der Waals surface area contributed by atoms with E-state index in [1.807, 2.05) is 0 Å². The van der Waals surface area contributed by atoms with Crippen LogP contribution in [0.4, 0.5) is 13.2 Å². The van der Waals surface area contributed by atoms with Crippen molar-refractivity contribution in [2.24, 2.45) is 0 Å². The lowest BCUT2D eigenvalue weighted by atomic mass is 10.0. The number of aliphatic carboxylic acids is 1. The first-order valence-electron chi connectivity index (χ1n) is 7.02. The topological polar surface area (TPSA) is 84.2 Å². The summed E-state index contributed by atoms with van der Waals surface area (Å²) in [7, 11) is 0. The number of nitrogens with one attached hydrogen (secondary N) is 1. The molecule has 0 aliphatic carbocycles. The van der Waals surface area contributed by atoms with Crippen LogP contribution in [0.1, 0.15) is 23.7 Å². The van der Waals surface area contributed by atoms with Crippen LogP contribution in [0, 0.1) is 0 Å². The van der Waals surface area contributed by atoms with E-state index >= 15 is 0 Å². The highest BCUT2D eigenvalue weighted by atomic mass is 35.5. The molecule has 2 rings (SSSR count). The predicted molar refractivity (Wildman–Crippen MR) is 81.8 cm³/mol. The van der Waals surface area contributed by atoms with Crippen LogP contribution in [0.5, 0.6) is 0 Å². The Morgan fingerprint density at radius 1 is 1.24 bits per heavy atom. The molecule has 0 saturated heterocycles. The molecule has 10 heteroatoms. The maximum Gasteiger partial charge on any atom is 0.435 e. The van der Waals surface area contributed by atoms with Crippen LogP contribution >= 0.6 is 11.6 Å².